The number of ether oxygens (including phenoxy) is 1. The molecule has 0 radical (unpaired) electrons. The summed E-state index contributed by atoms with van der Waals surface area (Å²) >= 11 is 6.34. The summed E-state index contributed by atoms with van der Waals surface area (Å²) in [7, 11) is 0. The second-order valence-corrected chi connectivity index (χ2v) is 5.23. The molecule has 0 bridgehead atoms. The molecule has 0 amide bonds. The number of benzene rings is 2. The first-order valence-electron chi connectivity index (χ1n) is 7.27. The third kappa shape index (κ3) is 2.98. The molecule has 0 fully saturated rings. The van der Waals surface area contributed by atoms with Gasteiger partial charge >= 0.3 is 0 Å². The topological polar surface area (TPSA) is 44.1 Å². The zero-order chi connectivity index (χ0) is 16.2. The number of carbonyl (C=O) groups is 1. The van der Waals surface area contributed by atoms with Gasteiger partial charge in [-0.1, -0.05) is 29.8 Å². The Bertz CT molecular complexity index is 811. The molecule has 5 heteroatoms. The molecule has 3 rings (SSSR count). The first-order chi connectivity index (χ1) is 11.2. The molecule has 0 saturated heterocycles. The van der Waals surface area contributed by atoms with E-state index in [1.54, 1.807) is 4.68 Å². The summed E-state index contributed by atoms with van der Waals surface area (Å²) in [6, 6.07) is 16.9. The lowest BCUT2D eigenvalue weighted by Gasteiger charge is -2.04. The molecule has 0 unspecified atom stereocenters. The normalized spacial score (nSPS) is 10.5. The van der Waals surface area contributed by atoms with Gasteiger partial charge in [-0.3, -0.25) is 4.79 Å². The molecule has 0 aliphatic heterocycles. The first-order valence-corrected chi connectivity index (χ1v) is 7.64. The molecule has 0 N–H and O–H groups in total. The van der Waals surface area contributed by atoms with Gasteiger partial charge in [-0.15, -0.1) is 0 Å². The van der Waals surface area contributed by atoms with Crippen LogP contribution in [-0.2, 0) is 0 Å². The first kappa shape index (κ1) is 15.3. The highest BCUT2D eigenvalue weighted by molar-refractivity contribution is 6.32. The Balaban J connectivity index is 2.07. The number of aromatic nitrogens is 2. The van der Waals surface area contributed by atoms with Crippen LogP contribution in [-0.4, -0.2) is 22.7 Å². The predicted molar refractivity (Wildman–Crippen MR) is 90.6 cm³/mol. The number of para-hydroxylation sites is 1. The number of hydrogen-bond acceptors (Lipinski definition) is 3. The van der Waals surface area contributed by atoms with Gasteiger partial charge in [0, 0.05) is 5.56 Å². The summed E-state index contributed by atoms with van der Waals surface area (Å²) in [4.78, 5) is 11.5. The summed E-state index contributed by atoms with van der Waals surface area (Å²) in [5, 5.41) is 4.81. The van der Waals surface area contributed by atoms with E-state index in [-0.39, 0.29) is 0 Å². The Morgan fingerprint density at radius 2 is 1.83 bits per heavy atom. The molecule has 0 atom stereocenters. The van der Waals surface area contributed by atoms with Crippen LogP contribution < -0.4 is 4.74 Å². The van der Waals surface area contributed by atoms with E-state index in [4.69, 9.17) is 16.3 Å². The molecular formula is C18H15ClN2O2. The standard InChI is InChI=1S/C18H15ClN2O2/c1-2-23-15-10-8-13(9-11-15)17-16(12-22)18(19)21(20-17)14-6-4-3-5-7-14/h3-12H,2H2,1H3. The molecule has 1 aromatic heterocycles. The van der Waals surface area contributed by atoms with E-state index in [9.17, 15) is 4.79 Å². The van der Waals surface area contributed by atoms with Crippen LogP contribution in [0.25, 0.3) is 16.9 Å². The van der Waals surface area contributed by atoms with Crippen LogP contribution in [0.4, 0.5) is 0 Å². The minimum atomic E-state index is 0.301. The van der Waals surface area contributed by atoms with Crippen LogP contribution in [0.2, 0.25) is 5.15 Å². The van der Waals surface area contributed by atoms with Crippen LogP contribution in [0.15, 0.2) is 54.6 Å². The fraction of sp³-hybridized carbons (Fsp3) is 0.111. The Labute approximate surface area is 139 Å². The molecule has 116 valence electrons. The average Bonchev–Trinajstić information content (AvgIpc) is 2.93. The molecule has 0 spiro atoms. The van der Waals surface area contributed by atoms with Gasteiger partial charge < -0.3 is 4.74 Å². The predicted octanol–water partition coefficient (Wildman–Crippen LogP) is 4.40. The van der Waals surface area contributed by atoms with Crippen LogP contribution in [0.3, 0.4) is 0 Å². The highest BCUT2D eigenvalue weighted by atomic mass is 35.5. The number of hydrogen-bond donors (Lipinski definition) is 0. The minimum absolute atomic E-state index is 0.301. The van der Waals surface area contributed by atoms with Crippen LogP contribution in [0.5, 0.6) is 5.75 Å². The molecule has 3 aromatic rings. The molecule has 0 aliphatic carbocycles. The maximum atomic E-state index is 11.5. The maximum absolute atomic E-state index is 11.5. The lowest BCUT2D eigenvalue weighted by molar-refractivity contribution is 0.112. The Morgan fingerprint density at radius 1 is 1.13 bits per heavy atom. The molecule has 0 aliphatic rings. The van der Waals surface area contributed by atoms with Crippen molar-refractivity contribution in [3.63, 3.8) is 0 Å². The van der Waals surface area contributed by atoms with E-state index < -0.39 is 0 Å². The van der Waals surface area contributed by atoms with Gasteiger partial charge in [-0.25, -0.2) is 4.68 Å². The molecule has 1 heterocycles. The smallest absolute Gasteiger partial charge is 0.155 e. The SMILES string of the molecule is CCOc1ccc(-c2nn(-c3ccccc3)c(Cl)c2C=O)cc1. The summed E-state index contributed by atoms with van der Waals surface area (Å²) in [5.41, 5.74) is 2.54. The number of nitrogens with zero attached hydrogens (tertiary/aromatic N) is 2. The number of aldehydes is 1. The van der Waals surface area contributed by atoms with Gasteiger partial charge in [-0.05, 0) is 43.3 Å². The van der Waals surface area contributed by atoms with Crippen molar-refractivity contribution >= 4 is 17.9 Å². The quantitative estimate of drug-likeness (QED) is 0.652. The zero-order valence-corrected chi connectivity index (χ0v) is 13.3. The summed E-state index contributed by atoms with van der Waals surface area (Å²) < 4.78 is 7.00. The second kappa shape index (κ2) is 6.67. The Hall–Kier alpha value is -2.59. The van der Waals surface area contributed by atoms with Gasteiger partial charge in [0.2, 0.25) is 0 Å². The minimum Gasteiger partial charge on any atom is -0.494 e. The number of rotatable bonds is 5. The Morgan fingerprint density at radius 3 is 2.43 bits per heavy atom. The fourth-order valence-corrected chi connectivity index (χ4v) is 2.61. The van der Waals surface area contributed by atoms with Crippen molar-refractivity contribution < 1.29 is 9.53 Å². The second-order valence-electron chi connectivity index (χ2n) is 4.88. The van der Waals surface area contributed by atoms with E-state index in [0.29, 0.717) is 23.0 Å². The van der Waals surface area contributed by atoms with Crippen LogP contribution >= 0.6 is 11.6 Å². The van der Waals surface area contributed by atoms with E-state index in [1.807, 2.05) is 61.5 Å². The lowest BCUT2D eigenvalue weighted by Crippen LogP contribution is -1.96. The van der Waals surface area contributed by atoms with Crippen molar-refractivity contribution in [2.75, 3.05) is 6.61 Å². The number of carbonyl (C=O) groups excluding carboxylic acids is 1. The highest BCUT2D eigenvalue weighted by Gasteiger charge is 2.18. The molecule has 2 aromatic carbocycles. The van der Waals surface area contributed by atoms with E-state index in [2.05, 4.69) is 5.10 Å². The lowest BCUT2D eigenvalue weighted by atomic mass is 10.1. The third-order valence-corrected chi connectivity index (χ3v) is 3.78. The summed E-state index contributed by atoms with van der Waals surface area (Å²) in [6.07, 6.45) is 0.737. The van der Waals surface area contributed by atoms with Crippen molar-refractivity contribution in [3.05, 3.63) is 65.3 Å². The molecule has 0 saturated carbocycles. The summed E-state index contributed by atoms with van der Waals surface area (Å²) in [5.74, 6) is 0.775. The summed E-state index contributed by atoms with van der Waals surface area (Å²) in [6.45, 7) is 2.53. The van der Waals surface area contributed by atoms with Crippen molar-refractivity contribution in [3.8, 4) is 22.7 Å². The van der Waals surface area contributed by atoms with Crippen LogP contribution in [0, 0.1) is 0 Å². The van der Waals surface area contributed by atoms with E-state index in [1.165, 1.54) is 0 Å². The van der Waals surface area contributed by atoms with Crippen molar-refractivity contribution in [2.45, 2.75) is 6.92 Å². The van der Waals surface area contributed by atoms with E-state index >= 15 is 0 Å². The van der Waals surface area contributed by atoms with Gasteiger partial charge in [0.15, 0.2) is 6.29 Å². The van der Waals surface area contributed by atoms with Gasteiger partial charge in [0.25, 0.3) is 0 Å². The van der Waals surface area contributed by atoms with Crippen molar-refractivity contribution in [2.24, 2.45) is 0 Å². The van der Waals surface area contributed by atoms with E-state index in [0.717, 1.165) is 23.3 Å². The Kier molecular flexibility index (Phi) is 4.44. The average molecular weight is 327 g/mol. The maximum Gasteiger partial charge on any atom is 0.155 e. The monoisotopic (exact) mass is 326 g/mol. The molecular weight excluding hydrogens is 312 g/mol. The van der Waals surface area contributed by atoms with Crippen LogP contribution in [0.1, 0.15) is 17.3 Å². The largest absolute Gasteiger partial charge is 0.494 e. The van der Waals surface area contributed by atoms with Gasteiger partial charge in [0.1, 0.15) is 16.6 Å². The van der Waals surface area contributed by atoms with Crippen molar-refractivity contribution in [1.82, 2.24) is 9.78 Å². The third-order valence-electron chi connectivity index (χ3n) is 3.42. The van der Waals surface area contributed by atoms with Gasteiger partial charge in [-0.2, -0.15) is 5.10 Å². The fourth-order valence-electron chi connectivity index (χ4n) is 2.34. The zero-order valence-electron chi connectivity index (χ0n) is 12.6. The van der Waals surface area contributed by atoms with Gasteiger partial charge in [0.05, 0.1) is 17.9 Å². The van der Waals surface area contributed by atoms with Crippen molar-refractivity contribution in [1.29, 1.82) is 0 Å². The number of halogens is 1. The molecule has 23 heavy (non-hydrogen) atoms. The molecule has 4 nitrogen and oxygen atoms in total. The highest BCUT2D eigenvalue weighted by Crippen LogP contribution is 2.30.